The van der Waals surface area contributed by atoms with Crippen molar-refractivity contribution in [3.63, 3.8) is 0 Å². The first-order chi connectivity index (χ1) is 7.74. The van der Waals surface area contributed by atoms with E-state index in [0.29, 0.717) is 17.4 Å². The molecule has 84 valence electrons. The van der Waals surface area contributed by atoms with E-state index in [1.54, 1.807) is 4.68 Å². The van der Waals surface area contributed by atoms with Gasteiger partial charge in [-0.15, -0.1) is 5.10 Å². The van der Waals surface area contributed by atoms with Crippen LogP contribution in [-0.2, 0) is 6.54 Å². The lowest BCUT2D eigenvalue weighted by atomic mass is 10.1. The summed E-state index contributed by atoms with van der Waals surface area (Å²) in [6.07, 6.45) is 1.20. The Morgan fingerprint density at radius 3 is 3.06 bits per heavy atom. The smallest absolute Gasteiger partial charge is 0.217 e. The van der Waals surface area contributed by atoms with Gasteiger partial charge in [0.2, 0.25) is 5.82 Å². The van der Waals surface area contributed by atoms with Gasteiger partial charge in [-0.3, -0.25) is 0 Å². The average Bonchev–Trinajstić information content (AvgIpc) is 2.84. The summed E-state index contributed by atoms with van der Waals surface area (Å²) < 4.78 is 7.23. The monoisotopic (exact) mass is 219 g/mol. The number of rotatable bonds is 1. The molecule has 1 aliphatic heterocycles. The standard InChI is InChI=1S/C11H13N3O2/c1-7-4-5-9(16-7)10-12-11-8(15)3-2-6-14(11)13-10/h4-5,8,15H,2-3,6H2,1H3. The topological polar surface area (TPSA) is 64.1 Å². The van der Waals surface area contributed by atoms with E-state index in [-0.39, 0.29) is 0 Å². The molecular weight excluding hydrogens is 206 g/mol. The van der Waals surface area contributed by atoms with Gasteiger partial charge in [0.1, 0.15) is 11.9 Å². The molecule has 0 saturated carbocycles. The first-order valence-corrected chi connectivity index (χ1v) is 5.43. The number of hydrogen-bond acceptors (Lipinski definition) is 4. The molecule has 0 saturated heterocycles. The van der Waals surface area contributed by atoms with Gasteiger partial charge in [0, 0.05) is 6.54 Å². The largest absolute Gasteiger partial charge is 0.458 e. The Kier molecular flexibility index (Phi) is 2.07. The van der Waals surface area contributed by atoms with Crippen molar-refractivity contribution in [2.75, 3.05) is 0 Å². The molecule has 1 aliphatic rings. The summed E-state index contributed by atoms with van der Waals surface area (Å²) in [5.41, 5.74) is 0. The third-order valence-electron chi connectivity index (χ3n) is 2.81. The maximum absolute atomic E-state index is 9.77. The molecule has 5 nitrogen and oxygen atoms in total. The van der Waals surface area contributed by atoms with Gasteiger partial charge in [0.05, 0.1) is 0 Å². The second-order valence-electron chi connectivity index (χ2n) is 4.09. The number of aryl methyl sites for hydroxylation is 2. The van der Waals surface area contributed by atoms with Gasteiger partial charge < -0.3 is 9.52 Å². The Labute approximate surface area is 92.7 Å². The summed E-state index contributed by atoms with van der Waals surface area (Å²) in [6.45, 7) is 2.70. The van der Waals surface area contributed by atoms with Gasteiger partial charge in [-0.05, 0) is 31.9 Å². The van der Waals surface area contributed by atoms with Gasteiger partial charge >= 0.3 is 0 Å². The van der Waals surface area contributed by atoms with Crippen molar-refractivity contribution in [3.05, 3.63) is 23.7 Å². The number of aliphatic hydroxyl groups is 1. The fraction of sp³-hybridized carbons (Fsp3) is 0.455. The number of aliphatic hydroxyl groups excluding tert-OH is 1. The summed E-state index contributed by atoms with van der Waals surface area (Å²) in [5.74, 6) is 2.70. The number of nitrogens with zero attached hydrogens (tertiary/aromatic N) is 3. The van der Waals surface area contributed by atoms with Crippen molar-refractivity contribution in [1.82, 2.24) is 14.8 Å². The van der Waals surface area contributed by atoms with Crippen molar-refractivity contribution in [3.8, 4) is 11.6 Å². The first kappa shape index (κ1) is 9.59. The molecule has 16 heavy (non-hydrogen) atoms. The quantitative estimate of drug-likeness (QED) is 0.792. The molecular formula is C11H13N3O2. The van der Waals surface area contributed by atoms with Crippen molar-refractivity contribution < 1.29 is 9.52 Å². The van der Waals surface area contributed by atoms with E-state index in [0.717, 1.165) is 25.1 Å². The van der Waals surface area contributed by atoms with E-state index >= 15 is 0 Å². The molecule has 0 radical (unpaired) electrons. The Morgan fingerprint density at radius 1 is 1.50 bits per heavy atom. The second kappa shape index (κ2) is 3.45. The minimum absolute atomic E-state index is 0.494. The lowest BCUT2D eigenvalue weighted by molar-refractivity contribution is 0.130. The first-order valence-electron chi connectivity index (χ1n) is 5.43. The molecule has 2 aromatic heterocycles. The van der Waals surface area contributed by atoms with Crippen LogP contribution in [0.3, 0.4) is 0 Å². The molecule has 1 atom stereocenters. The number of hydrogen-bond donors (Lipinski definition) is 1. The molecule has 0 amide bonds. The van der Waals surface area contributed by atoms with Gasteiger partial charge in [-0.2, -0.15) is 0 Å². The molecule has 3 rings (SSSR count). The van der Waals surface area contributed by atoms with Crippen LogP contribution in [0.25, 0.3) is 11.6 Å². The van der Waals surface area contributed by atoms with Gasteiger partial charge in [-0.1, -0.05) is 0 Å². The lowest BCUT2D eigenvalue weighted by Crippen LogP contribution is -2.16. The lowest BCUT2D eigenvalue weighted by Gasteiger charge is -2.16. The normalized spacial score (nSPS) is 19.8. The summed E-state index contributed by atoms with van der Waals surface area (Å²) in [5, 5.41) is 14.1. The summed E-state index contributed by atoms with van der Waals surface area (Å²) in [4.78, 5) is 4.32. The fourth-order valence-electron chi connectivity index (χ4n) is 1.99. The predicted octanol–water partition coefficient (Wildman–Crippen LogP) is 1.67. The number of fused-ring (bicyclic) bond motifs is 1. The molecule has 0 spiro atoms. The van der Waals surface area contributed by atoms with Gasteiger partial charge in [0.15, 0.2) is 11.6 Å². The zero-order valence-electron chi connectivity index (χ0n) is 9.05. The van der Waals surface area contributed by atoms with Crippen LogP contribution < -0.4 is 0 Å². The highest BCUT2D eigenvalue weighted by Crippen LogP contribution is 2.26. The van der Waals surface area contributed by atoms with E-state index in [2.05, 4.69) is 10.1 Å². The van der Waals surface area contributed by atoms with Crippen LogP contribution in [0, 0.1) is 6.92 Å². The third kappa shape index (κ3) is 1.44. The molecule has 5 heteroatoms. The summed E-state index contributed by atoms with van der Waals surface area (Å²) in [7, 11) is 0. The fourth-order valence-corrected chi connectivity index (χ4v) is 1.99. The van der Waals surface area contributed by atoms with Crippen LogP contribution in [0.15, 0.2) is 16.5 Å². The zero-order valence-corrected chi connectivity index (χ0v) is 9.05. The van der Waals surface area contributed by atoms with E-state index in [1.165, 1.54) is 0 Å². The van der Waals surface area contributed by atoms with Crippen molar-refractivity contribution in [1.29, 1.82) is 0 Å². The van der Waals surface area contributed by atoms with Crippen LogP contribution in [0.4, 0.5) is 0 Å². The van der Waals surface area contributed by atoms with E-state index in [9.17, 15) is 5.11 Å². The zero-order chi connectivity index (χ0) is 11.1. The van der Waals surface area contributed by atoms with Crippen LogP contribution in [-0.4, -0.2) is 19.9 Å². The van der Waals surface area contributed by atoms with E-state index in [1.807, 2.05) is 19.1 Å². The Balaban J connectivity index is 2.04. The van der Waals surface area contributed by atoms with Crippen LogP contribution in [0.5, 0.6) is 0 Å². The number of furan rings is 1. The van der Waals surface area contributed by atoms with Crippen LogP contribution >= 0.6 is 0 Å². The molecule has 0 aromatic carbocycles. The number of aromatic nitrogens is 3. The molecule has 0 fully saturated rings. The van der Waals surface area contributed by atoms with E-state index < -0.39 is 6.10 Å². The SMILES string of the molecule is Cc1ccc(-c2nc3n(n2)CCCC3O)o1. The van der Waals surface area contributed by atoms with Crippen molar-refractivity contribution in [2.24, 2.45) is 0 Å². The van der Waals surface area contributed by atoms with Crippen molar-refractivity contribution in [2.45, 2.75) is 32.4 Å². The molecule has 1 unspecified atom stereocenters. The van der Waals surface area contributed by atoms with Crippen LogP contribution in [0.1, 0.15) is 30.5 Å². The summed E-state index contributed by atoms with van der Waals surface area (Å²) >= 11 is 0. The molecule has 3 heterocycles. The molecule has 0 bridgehead atoms. The molecule has 1 N–H and O–H groups in total. The Morgan fingerprint density at radius 2 is 2.38 bits per heavy atom. The maximum Gasteiger partial charge on any atom is 0.217 e. The summed E-state index contributed by atoms with van der Waals surface area (Å²) in [6, 6.07) is 3.73. The maximum atomic E-state index is 9.77. The Hall–Kier alpha value is -1.62. The highest BCUT2D eigenvalue weighted by Gasteiger charge is 2.23. The van der Waals surface area contributed by atoms with Crippen LogP contribution in [0.2, 0.25) is 0 Å². The average molecular weight is 219 g/mol. The van der Waals surface area contributed by atoms with Gasteiger partial charge in [-0.25, -0.2) is 9.67 Å². The predicted molar refractivity (Wildman–Crippen MR) is 56.7 cm³/mol. The highest BCUT2D eigenvalue weighted by atomic mass is 16.3. The molecule has 2 aromatic rings. The highest BCUT2D eigenvalue weighted by molar-refractivity contribution is 5.46. The van der Waals surface area contributed by atoms with Crippen molar-refractivity contribution >= 4 is 0 Å². The van der Waals surface area contributed by atoms with Gasteiger partial charge in [0.25, 0.3) is 0 Å². The minimum Gasteiger partial charge on any atom is -0.458 e. The third-order valence-corrected chi connectivity index (χ3v) is 2.81. The Bertz CT molecular complexity index is 515. The second-order valence-corrected chi connectivity index (χ2v) is 4.09. The molecule has 0 aliphatic carbocycles. The van der Waals surface area contributed by atoms with E-state index in [4.69, 9.17) is 4.42 Å². The minimum atomic E-state index is -0.494.